The van der Waals surface area contributed by atoms with Crippen LogP contribution in [0.15, 0.2) is 12.3 Å². The van der Waals surface area contributed by atoms with Crippen molar-refractivity contribution in [2.45, 2.75) is 39.5 Å². The lowest BCUT2D eigenvalue weighted by Crippen LogP contribution is -2.19. The molecule has 1 rings (SSSR count). The summed E-state index contributed by atoms with van der Waals surface area (Å²) in [7, 11) is -3.37. The van der Waals surface area contributed by atoms with Crippen LogP contribution in [0.1, 0.15) is 39.7 Å². The van der Waals surface area contributed by atoms with Gasteiger partial charge in [0.05, 0.1) is 10.8 Å². The highest BCUT2D eigenvalue weighted by Crippen LogP contribution is 2.33. The number of halogens is 1. The molecule has 4 nitrogen and oxygen atoms in total. The van der Waals surface area contributed by atoms with Crippen LogP contribution in [0, 0.1) is 0 Å². The third kappa shape index (κ3) is 3.85. The average molecular weight is 291 g/mol. The predicted octanol–water partition coefficient (Wildman–Crippen LogP) is 3.18. The van der Waals surface area contributed by atoms with Gasteiger partial charge in [-0.05, 0) is 23.5 Å². The van der Waals surface area contributed by atoms with Crippen molar-refractivity contribution in [3.05, 3.63) is 22.8 Å². The van der Waals surface area contributed by atoms with Crippen LogP contribution in [-0.4, -0.2) is 19.2 Å². The number of nitrogens with zero attached hydrogens (tertiary/aromatic N) is 1. The Morgan fingerprint density at radius 1 is 1.39 bits per heavy atom. The van der Waals surface area contributed by atoms with E-state index in [1.54, 1.807) is 19.2 Å². The van der Waals surface area contributed by atoms with E-state index >= 15 is 0 Å². The van der Waals surface area contributed by atoms with Gasteiger partial charge in [0.25, 0.3) is 0 Å². The third-order valence-corrected chi connectivity index (χ3v) is 4.25. The van der Waals surface area contributed by atoms with E-state index in [9.17, 15) is 8.42 Å². The molecule has 0 unspecified atom stereocenters. The van der Waals surface area contributed by atoms with E-state index in [0.717, 1.165) is 5.56 Å². The molecule has 0 saturated carbocycles. The van der Waals surface area contributed by atoms with Gasteiger partial charge >= 0.3 is 0 Å². The van der Waals surface area contributed by atoms with Gasteiger partial charge in [0.15, 0.2) is 5.82 Å². The zero-order valence-electron chi connectivity index (χ0n) is 11.1. The predicted molar refractivity (Wildman–Crippen MR) is 75.6 cm³/mol. The topological polar surface area (TPSA) is 59.1 Å². The van der Waals surface area contributed by atoms with Crippen molar-refractivity contribution in [2.24, 2.45) is 0 Å². The Hall–Kier alpha value is -0.810. The van der Waals surface area contributed by atoms with Crippen LogP contribution in [0.2, 0.25) is 5.02 Å². The summed E-state index contributed by atoms with van der Waals surface area (Å²) in [6, 6.07) is 1.81. The first-order valence-corrected chi connectivity index (χ1v) is 7.86. The van der Waals surface area contributed by atoms with E-state index in [1.165, 1.54) is 0 Å². The van der Waals surface area contributed by atoms with Crippen LogP contribution >= 0.6 is 11.6 Å². The van der Waals surface area contributed by atoms with Gasteiger partial charge in [-0.1, -0.05) is 39.3 Å². The molecule has 0 aliphatic rings. The molecule has 0 amide bonds. The number of rotatable bonds is 4. The molecule has 0 aliphatic heterocycles. The standard InChI is InChI=1S/C12H19ClN2O2S/c1-5-8-18(16,17)15-11-10(13)9(6-7-14-11)12(2,3)4/h6-7H,5,8H2,1-4H3,(H,14,15). The Balaban J connectivity index is 3.13. The molecular formula is C12H19ClN2O2S. The first-order valence-electron chi connectivity index (χ1n) is 5.83. The summed E-state index contributed by atoms with van der Waals surface area (Å²) in [4.78, 5) is 4.00. The second-order valence-electron chi connectivity index (χ2n) is 5.19. The van der Waals surface area contributed by atoms with Crippen molar-refractivity contribution in [3.63, 3.8) is 0 Å². The molecule has 0 fully saturated rings. The lowest BCUT2D eigenvalue weighted by molar-refractivity contribution is 0.589. The number of anilines is 1. The summed E-state index contributed by atoms with van der Waals surface area (Å²) in [5.41, 5.74) is 0.707. The largest absolute Gasteiger partial charge is 0.266 e. The molecule has 1 aromatic heterocycles. The molecule has 18 heavy (non-hydrogen) atoms. The average Bonchev–Trinajstić information content (AvgIpc) is 2.18. The van der Waals surface area contributed by atoms with Crippen molar-refractivity contribution in [1.82, 2.24) is 4.98 Å². The molecule has 102 valence electrons. The molecule has 0 saturated heterocycles. The van der Waals surface area contributed by atoms with Gasteiger partial charge in [-0.2, -0.15) is 0 Å². The van der Waals surface area contributed by atoms with Crippen molar-refractivity contribution >= 4 is 27.4 Å². The highest BCUT2D eigenvalue weighted by molar-refractivity contribution is 7.92. The summed E-state index contributed by atoms with van der Waals surface area (Å²) in [6.07, 6.45) is 2.11. The van der Waals surface area contributed by atoms with E-state index < -0.39 is 10.0 Å². The monoisotopic (exact) mass is 290 g/mol. The summed E-state index contributed by atoms with van der Waals surface area (Å²) in [5, 5.41) is 0.365. The second kappa shape index (κ2) is 5.45. The fraction of sp³-hybridized carbons (Fsp3) is 0.583. The number of nitrogens with one attached hydrogen (secondary N) is 1. The van der Waals surface area contributed by atoms with Crippen molar-refractivity contribution < 1.29 is 8.42 Å². The molecule has 6 heteroatoms. The van der Waals surface area contributed by atoms with Crippen LogP contribution in [0.4, 0.5) is 5.82 Å². The normalized spacial score (nSPS) is 12.5. The molecule has 0 bridgehead atoms. The SMILES string of the molecule is CCCS(=O)(=O)Nc1nccc(C(C)(C)C)c1Cl. The molecule has 0 aliphatic carbocycles. The maximum Gasteiger partial charge on any atom is 0.233 e. The van der Waals surface area contributed by atoms with Crippen molar-refractivity contribution in [3.8, 4) is 0 Å². The van der Waals surface area contributed by atoms with Crippen LogP contribution < -0.4 is 4.72 Å². The summed E-state index contributed by atoms with van der Waals surface area (Å²) >= 11 is 6.21. The molecule has 0 aromatic carbocycles. The zero-order chi connectivity index (χ0) is 14.0. The fourth-order valence-electron chi connectivity index (χ4n) is 1.56. The third-order valence-electron chi connectivity index (χ3n) is 2.42. The fourth-order valence-corrected chi connectivity index (χ4v) is 3.15. The first kappa shape index (κ1) is 15.2. The lowest BCUT2D eigenvalue weighted by Gasteiger charge is -2.21. The minimum absolute atomic E-state index is 0.0603. The highest BCUT2D eigenvalue weighted by Gasteiger charge is 2.21. The second-order valence-corrected chi connectivity index (χ2v) is 7.41. The Bertz CT molecular complexity index is 521. The molecular weight excluding hydrogens is 272 g/mol. The quantitative estimate of drug-likeness (QED) is 0.926. The van der Waals surface area contributed by atoms with Gasteiger partial charge in [-0.15, -0.1) is 0 Å². The smallest absolute Gasteiger partial charge is 0.233 e. The lowest BCUT2D eigenvalue weighted by atomic mass is 9.88. The number of hydrogen-bond donors (Lipinski definition) is 1. The number of pyridine rings is 1. The van der Waals surface area contributed by atoms with Gasteiger partial charge in [0, 0.05) is 6.20 Å². The van der Waals surface area contributed by atoms with Crippen molar-refractivity contribution in [2.75, 3.05) is 10.5 Å². The van der Waals surface area contributed by atoms with E-state index in [0.29, 0.717) is 11.4 Å². The van der Waals surface area contributed by atoms with Gasteiger partial charge in [-0.3, -0.25) is 4.72 Å². The number of hydrogen-bond acceptors (Lipinski definition) is 3. The Labute approximate surface area is 114 Å². The van der Waals surface area contributed by atoms with Crippen LogP contribution in [0.3, 0.4) is 0 Å². The van der Waals surface area contributed by atoms with E-state index in [1.807, 2.05) is 20.8 Å². The van der Waals surface area contributed by atoms with Crippen molar-refractivity contribution in [1.29, 1.82) is 0 Å². The van der Waals surface area contributed by atoms with Crippen LogP contribution in [0.5, 0.6) is 0 Å². The summed E-state index contributed by atoms with van der Waals surface area (Å²) < 4.78 is 25.8. The highest BCUT2D eigenvalue weighted by atomic mass is 35.5. The maximum absolute atomic E-state index is 11.7. The zero-order valence-corrected chi connectivity index (χ0v) is 12.7. The van der Waals surface area contributed by atoms with E-state index in [-0.39, 0.29) is 17.0 Å². The van der Waals surface area contributed by atoms with Gasteiger partial charge in [-0.25, -0.2) is 13.4 Å². The van der Waals surface area contributed by atoms with E-state index in [4.69, 9.17) is 11.6 Å². The van der Waals surface area contributed by atoms with Gasteiger partial charge in [0.2, 0.25) is 10.0 Å². The van der Waals surface area contributed by atoms with Gasteiger partial charge < -0.3 is 0 Å². The number of aromatic nitrogens is 1. The molecule has 0 radical (unpaired) electrons. The summed E-state index contributed by atoms with van der Waals surface area (Å²) in [5.74, 6) is 0.266. The molecule has 0 atom stereocenters. The molecule has 1 heterocycles. The van der Waals surface area contributed by atoms with Gasteiger partial charge in [0.1, 0.15) is 0 Å². The minimum atomic E-state index is -3.37. The van der Waals surface area contributed by atoms with Crippen LogP contribution in [-0.2, 0) is 15.4 Å². The number of sulfonamides is 1. The Morgan fingerprint density at radius 3 is 2.50 bits per heavy atom. The Morgan fingerprint density at radius 2 is 2.00 bits per heavy atom. The van der Waals surface area contributed by atoms with E-state index in [2.05, 4.69) is 9.71 Å². The van der Waals surface area contributed by atoms with Crippen LogP contribution in [0.25, 0.3) is 0 Å². The maximum atomic E-state index is 11.7. The first-order chi connectivity index (χ1) is 8.17. The Kier molecular flexibility index (Phi) is 4.61. The summed E-state index contributed by atoms with van der Waals surface area (Å²) in [6.45, 7) is 7.84. The molecule has 0 spiro atoms. The minimum Gasteiger partial charge on any atom is -0.266 e. The molecule has 1 aromatic rings. The molecule has 1 N–H and O–H groups in total.